The molecule has 0 bridgehead atoms. The number of thiophene rings is 1. The Kier molecular flexibility index (Phi) is 7.29. The summed E-state index contributed by atoms with van der Waals surface area (Å²) in [6.45, 7) is 7.18. The highest BCUT2D eigenvalue weighted by Crippen LogP contribution is 2.24. The van der Waals surface area contributed by atoms with Crippen LogP contribution in [0, 0.1) is 12.5 Å². The smallest absolute Gasteiger partial charge is 0.253 e. The maximum atomic E-state index is 12.5. The third-order valence-corrected chi connectivity index (χ3v) is 4.61. The molecule has 0 aromatic carbocycles. The molecule has 2 heterocycles. The first kappa shape index (κ1) is 20.1. The monoisotopic (exact) mass is 374 g/mol. The topological polar surface area (TPSA) is 91.3 Å². The third kappa shape index (κ3) is 5.64. The second kappa shape index (κ2) is 9.45. The first-order valence-corrected chi connectivity index (χ1v) is 9.36. The van der Waals surface area contributed by atoms with Crippen LogP contribution in [0.5, 0.6) is 0 Å². The number of rotatable bonds is 8. The van der Waals surface area contributed by atoms with Gasteiger partial charge in [-0.1, -0.05) is 19.9 Å². The van der Waals surface area contributed by atoms with Gasteiger partial charge in [0.05, 0.1) is 11.7 Å². The quantitative estimate of drug-likeness (QED) is 0.662. The van der Waals surface area contributed by atoms with Crippen LogP contribution in [0.15, 0.2) is 36.0 Å². The number of amides is 2. The average Bonchev–Trinajstić information content (AvgIpc) is 3.13. The molecule has 2 aromatic heterocycles. The lowest BCUT2D eigenvalue weighted by molar-refractivity contribution is -0.124. The molecule has 2 rings (SSSR count). The molecule has 0 saturated heterocycles. The Labute approximate surface area is 157 Å². The van der Waals surface area contributed by atoms with Crippen molar-refractivity contribution < 1.29 is 14.7 Å². The van der Waals surface area contributed by atoms with E-state index in [1.807, 2.05) is 31.4 Å². The summed E-state index contributed by atoms with van der Waals surface area (Å²) >= 11 is 1.55. The van der Waals surface area contributed by atoms with Gasteiger partial charge in [0.15, 0.2) is 0 Å². The Bertz CT molecular complexity index is 729. The molecule has 1 radical (unpaired) electrons. The van der Waals surface area contributed by atoms with Gasteiger partial charge in [0.2, 0.25) is 5.91 Å². The number of hydrogen-bond donors (Lipinski definition) is 3. The second-order valence-corrected chi connectivity index (χ2v) is 7.42. The molecule has 0 aliphatic heterocycles. The van der Waals surface area contributed by atoms with Crippen LogP contribution in [0.3, 0.4) is 0 Å². The minimum atomic E-state index is -1.05. The number of aliphatic hydroxyl groups excluding tert-OH is 1. The van der Waals surface area contributed by atoms with Gasteiger partial charge in [0.1, 0.15) is 6.04 Å². The lowest BCUT2D eigenvalue weighted by Crippen LogP contribution is -2.52. The van der Waals surface area contributed by atoms with E-state index in [1.165, 1.54) is 13.1 Å². The van der Waals surface area contributed by atoms with Crippen LogP contribution in [-0.4, -0.2) is 34.1 Å². The van der Waals surface area contributed by atoms with Gasteiger partial charge in [-0.25, -0.2) is 0 Å². The van der Waals surface area contributed by atoms with Gasteiger partial charge in [-0.2, -0.15) is 0 Å². The summed E-state index contributed by atoms with van der Waals surface area (Å²) in [5, 5.41) is 17.1. The number of hydrogen-bond acceptors (Lipinski definition) is 5. The van der Waals surface area contributed by atoms with E-state index >= 15 is 0 Å². The highest BCUT2D eigenvalue weighted by Gasteiger charge is 2.26. The standard InChI is InChI=1S/C19H24N3O3S/c1-12(2)6-7-21-19(25)17(13(3)23)22-18(24)15-9-14(10-20-11-15)16-5-4-8-26-16/h4-5,7-13,17,23H,6H2,1-3H3,(H,21,25)(H,22,24)/t13-,17+/m1/s1. The number of aromatic nitrogens is 1. The van der Waals surface area contributed by atoms with Crippen molar-refractivity contribution in [2.75, 3.05) is 0 Å². The molecule has 0 spiro atoms. The van der Waals surface area contributed by atoms with Crippen LogP contribution in [0.4, 0.5) is 0 Å². The number of carbonyl (C=O) groups excluding carboxylic acids is 2. The molecule has 139 valence electrons. The molecule has 2 amide bonds. The van der Waals surface area contributed by atoms with E-state index < -0.39 is 24.0 Å². The van der Waals surface area contributed by atoms with Gasteiger partial charge in [-0.3, -0.25) is 14.6 Å². The van der Waals surface area contributed by atoms with Gasteiger partial charge in [-0.15, -0.1) is 11.3 Å². The highest BCUT2D eigenvalue weighted by atomic mass is 32.1. The van der Waals surface area contributed by atoms with Gasteiger partial charge in [0.25, 0.3) is 5.91 Å². The number of nitrogens with zero attached hydrogens (tertiary/aromatic N) is 1. The summed E-state index contributed by atoms with van der Waals surface area (Å²) in [7, 11) is 0. The average molecular weight is 374 g/mol. The Morgan fingerprint density at radius 2 is 2.08 bits per heavy atom. The van der Waals surface area contributed by atoms with E-state index in [4.69, 9.17) is 0 Å². The van der Waals surface area contributed by atoms with Crippen molar-refractivity contribution in [2.24, 2.45) is 5.92 Å². The second-order valence-electron chi connectivity index (χ2n) is 6.47. The molecule has 2 atom stereocenters. The molecule has 7 heteroatoms. The van der Waals surface area contributed by atoms with E-state index in [9.17, 15) is 14.7 Å². The van der Waals surface area contributed by atoms with Crippen molar-refractivity contribution in [2.45, 2.75) is 39.3 Å². The maximum absolute atomic E-state index is 12.5. The summed E-state index contributed by atoms with van der Waals surface area (Å²) in [4.78, 5) is 29.9. The van der Waals surface area contributed by atoms with Gasteiger partial charge >= 0.3 is 0 Å². The van der Waals surface area contributed by atoms with Crippen molar-refractivity contribution in [1.82, 2.24) is 15.6 Å². The summed E-state index contributed by atoms with van der Waals surface area (Å²) in [6.07, 6.45) is 2.80. The van der Waals surface area contributed by atoms with Gasteiger partial charge < -0.3 is 15.7 Å². The zero-order valence-electron chi connectivity index (χ0n) is 15.1. The maximum Gasteiger partial charge on any atom is 0.253 e. The fourth-order valence-electron chi connectivity index (χ4n) is 2.26. The molecule has 2 aromatic rings. The zero-order chi connectivity index (χ0) is 19.1. The summed E-state index contributed by atoms with van der Waals surface area (Å²) in [5.74, 6) is -0.502. The first-order chi connectivity index (χ1) is 12.4. The molecule has 0 unspecified atom stereocenters. The minimum Gasteiger partial charge on any atom is -0.391 e. The number of pyridine rings is 1. The Morgan fingerprint density at radius 3 is 2.69 bits per heavy atom. The fourth-order valence-corrected chi connectivity index (χ4v) is 2.97. The molecule has 0 aliphatic rings. The van der Waals surface area contributed by atoms with Crippen molar-refractivity contribution in [1.29, 1.82) is 0 Å². The van der Waals surface area contributed by atoms with Crippen molar-refractivity contribution in [3.8, 4) is 10.4 Å². The summed E-state index contributed by atoms with van der Waals surface area (Å²) in [5.41, 5.74) is 1.16. The first-order valence-electron chi connectivity index (χ1n) is 8.48. The minimum absolute atomic E-state index is 0.334. The lowest BCUT2D eigenvalue weighted by atomic mass is 10.1. The predicted octanol–water partition coefficient (Wildman–Crippen LogP) is 2.61. The lowest BCUT2D eigenvalue weighted by Gasteiger charge is -2.21. The van der Waals surface area contributed by atoms with Crippen LogP contribution in [0.25, 0.3) is 10.4 Å². The van der Waals surface area contributed by atoms with E-state index in [-0.39, 0.29) is 0 Å². The van der Waals surface area contributed by atoms with E-state index in [1.54, 1.807) is 30.1 Å². The van der Waals surface area contributed by atoms with Crippen LogP contribution < -0.4 is 10.6 Å². The molecular formula is C19H24N3O3S. The van der Waals surface area contributed by atoms with Gasteiger partial charge in [0, 0.05) is 29.4 Å². The van der Waals surface area contributed by atoms with Crippen LogP contribution in [0.1, 0.15) is 37.6 Å². The predicted molar refractivity (Wildman–Crippen MR) is 102 cm³/mol. The van der Waals surface area contributed by atoms with Crippen LogP contribution in [-0.2, 0) is 4.79 Å². The Balaban J connectivity index is 2.05. The van der Waals surface area contributed by atoms with Gasteiger partial charge in [-0.05, 0) is 36.8 Å². The molecule has 0 aliphatic carbocycles. The van der Waals surface area contributed by atoms with E-state index in [0.717, 1.165) is 10.4 Å². The Hall–Kier alpha value is -2.25. The van der Waals surface area contributed by atoms with Crippen LogP contribution >= 0.6 is 11.3 Å². The molecule has 6 nitrogen and oxygen atoms in total. The third-order valence-electron chi connectivity index (χ3n) is 3.69. The molecule has 0 saturated carbocycles. The highest BCUT2D eigenvalue weighted by molar-refractivity contribution is 7.13. The molecule has 26 heavy (non-hydrogen) atoms. The van der Waals surface area contributed by atoms with Crippen molar-refractivity contribution in [3.63, 3.8) is 0 Å². The van der Waals surface area contributed by atoms with E-state index in [0.29, 0.717) is 17.9 Å². The Morgan fingerprint density at radius 1 is 1.31 bits per heavy atom. The summed E-state index contributed by atoms with van der Waals surface area (Å²) < 4.78 is 0. The number of aliphatic hydroxyl groups is 1. The number of carbonyl (C=O) groups is 2. The molecular weight excluding hydrogens is 350 g/mol. The summed E-state index contributed by atoms with van der Waals surface area (Å²) in [6, 6.07) is 4.54. The number of nitrogens with one attached hydrogen (secondary N) is 2. The van der Waals surface area contributed by atoms with Crippen LogP contribution in [0.2, 0.25) is 0 Å². The largest absolute Gasteiger partial charge is 0.391 e. The fraction of sp³-hybridized carbons (Fsp3) is 0.368. The normalized spacial score (nSPS) is 13.3. The zero-order valence-corrected chi connectivity index (χ0v) is 15.9. The molecule has 3 N–H and O–H groups in total. The van der Waals surface area contributed by atoms with Crippen molar-refractivity contribution >= 4 is 23.2 Å². The SMILES string of the molecule is CC(C)C[CH]NC(=O)[C@@H](NC(=O)c1cncc(-c2cccs2)c1)[C@@H](C)O. The van der Waals surface area contributed by atoms with Crippen molar-refractivity contribution in [3.05, 3.63) is 48.1 Å². The molecule has 0 fully saturated rings. The van der Waals surface area contributed by atoms with E-state index in [2.05, 4.69) is 15.6 Å².